The summed E-state index contributed by atoms with van der Waals surface area (Å²) in [7, 11) is 0. The van der Waals surface area contributed by atoms with Gasteiger partial charge in [0.25, 0.3) is 0 Å². The van der Waals surface area contributed by atoms with Gasteiger partial charge >= 0.3 is 0 Å². The van der Waals surface area contributed by atoms with Crippen LogP contribution < -0.4 is 10.6 Å². The highest BCUT2D eigenvalue weighted by Gasteiger charge is 2.30. The summed E-state index contributed by atoms with van der Waals surface area (Å²) in [5, 5.41) is 6.68. The minimum atomic E-state index is -0.0889. The number of anilines is 2. The number of aromatic nitrogens is 4. The van der Waals surface area contributed by atoms with Crippen molar-refractivity contribution >= 4 is 22.9 Å². The summed E-state index contributed by atoms with van der Waals surface area (Å²) >= 11 is 0. The maximum atomic E-state index is 5.47. The normalized spacial score (nSPS) is 22.3. The Kier molecular flexibility index (Phi) is 3.43. The Balaban J connectivity index is 1.92. The fraction of sp³-hybridized carbons (Fsp3) is 0.615. The fourth-order valence-corrected chi connectivity index (χ4v) is 2.29. The SMILES string of the molecule is CCCNc1nc(NC2(C)CCOC2)c2[nH]cnc2n1. The van der Waals surface area contributed by atoms with E-state index in [0.717, 1.165) is 37.3 Å². The first-order valence-electron chi connectivity index (χ1n) is 7.01. The van der Waals surface area contributed by atoms with Crippen molar-refractivity contribution in [2.24, 2.45) is 0 Å². The van der Waals surface area contributed by atoms with Crippen molar-refractivity contribution in [3.8, 4) is 0 Å². The lowest BCUT2D eigenvalue weighted by Crippen LogP contribution is -2.35. The van der Waals surface area contributed by atoms with Crippen LogP contribution in [0.3, 0.4) is 0 Å². The summed E-state index contributed by atoms with van der Waals surface area (Å²) in [5.74, 6) is 1.38. The molecule has 1 aliphatic rings. The van der Waals surface area contributed by atoms with Crippen molar-refractivity contribution in [3.63, 3.8) is 0 Å². The second-order valence-corrected chi connectivity index (χ2v) is 5.41. The quantitative estimate of drug-likeness (QED) is 0.771. The monoisotopic (exact) mass is 276 g/mol. The molecule has 0 aliphatic carbocycles. The van der Waals surface area contributed by atoms with Gasteiger partial charge in [0.05, 0.1) is 18.5 Å². The number of rotatable bonds is 5. The van der Waals surface area contributed by atoms with Gasteiger partial charge in [0.2, 0.25) is 5.95 Å². The molecule has 0 aromatic carbocycles. The zero-order chi connectivity index (χ0) is 14.0. The van der Waals surface area contributed by atoms with Gasteiger partial charge in [0.1, 0.15) is 5.52 Å². The van der Waals surface area contributed by atoms with E-state index in [4.69, 9.17) is 4.74 Å². The van der Waals surface area contributed by atoms with E-state index in [0.29, 0.717) is 18.2 Å². The lowest BCUT2D eigenvalue weighted by molar-refractivity contribution is 0.185. The summed E-state index contributed by atoms with van der Waals surface area (Å²) in [6.07, 6.45) is 3.63. The smallest absolute Gasteiger partial charge is 0.226 e. The molecule has 0 radical (unpaired) electrons. The van der Waals surface area contributed by atoms with Crippen molar-refractivity contribution in [1.82, 2.24) is 19.9 Å². The minimum Gasteiger partial charge on any atom is -0.379 e. The number of fused-ring (bicyclic) bond motifs is 1. The van der Waals surface area contributed by atoms with Gasteiger partial charge in [0, 0.05) is 13.2 Å². The Hall–Kier alpha value is -1.89. The highest BCUT2D eigenvalue weighted by molar-refractivity contribution is 5.84. The molecule has 1 fully saturated rings. The third kappa shape index (κ3) is 2.53. The van der Waals surface area contributed by atoms with Crippen LogP contribution in [-0.2, 0) is 4.74 Å². The Labute approximate surface area is 117 Å². The molecule has 108 valence electrons. The molecule has 1 saturated heterocycles. The highest BCUT2D eigenvalue weighted by atomic mass is 16.5. The first-order valence-corrected chi connectivity index (χ1v) is 7.01. The average molecular weight is 276 g/mol. The second-order valence-electron chi connectivity index (χ2n) is 5.41. The molecular formula is C13H20N6O. The molecule has 0 amide bonds. The van der Waals surface area contributed by atoms with Gasteiger partial charge in [-0.2, -0.15) is 9.97 Å². The highest BCUT2D eigenvalue weighted by Crippen LogP contribution is 2.26. The van der Waals surface area contributed by atoms with Gasteiger partial charge in [-0.3, -0.25) is 0 Å². The van der Waals surface area contributed by atoms with Crippen LogP contribution in [0.1, 0.15) is 26.7 Å². The Morgan fingerprint density at radius 3 is 3.10 bits per heavy atom. The van der Waals surface area contributed by atoms with E-state index >= 15 is 0 Å². The van der Waals surface area contributed by atoms with Crippen LogP contribution in [0.2, 0.25) is 0 Å². The Morgan fingerprint density at radius 1 is 1.45 bits per heavy atom. The van der Waals surface area contributed by atoms with Gasteiger partial charge in [-0.1, -0.05) is 6.92 Å². The number of nitrogens with zero attached hydrogens (tertiary/aromatic N) is 3. The third-order valence-electron chi connectivity index (χ3n) is 3.46. The second kappa shape index (κ2) is 5.24. The van der Waals surface area contributed by atoms with Crippen LogP contribution in [0.4, 0.5) is 11.8 Å². The number of aromatic amines is 1. The predicted molar refractivity (Wildman–Crippen MR) is 77.9 cm³/mol. The number of nitrogens with one attached hydrogen (secondary N) is 3. The lowest BCUT2D eigenvalue weighted by Gasteiger charge is -2.24. The van der Waals surface area contributed by atoms with Gasteiger partial charge < -0.3 is 20.4 Å². The van der Waals surface area contributed by atoms with E-state index < -0.39 is 0 Å². The van der Waals surface area contributed by atoms with E-state index in [2.05, 4.69) is 44.4 Å². The summed E-state index contributed by atoms with van der Waals surface area (Å²) < 4.78 is 5.47. The molecule has 2 aromatic heterocycles. The lowest BCUT2D eigenvalue weighted by atomic mass is 10.0. The van der Waals surface area contributed by atoms with Crippen LogP contribution in [0, 0.1) is 0 Å². The largest absolute Gasteiger partial charge is 0.379 e. The minimum absolute atomic E-state index is 0.0889. The predicted octanol–water partition coefficient (Wildman–Crippen LogP) is 1.77. The van der Waals surface area contributed by atoms with E-state index in [-0.39, 0.29) is 5.54 Å². The number of H-pyrrole nitrogens is 1. The number of hydrogen-bond acceptors (Lipinski definition) is 6. The van der Waals surface area contributed by atoms with E-state index in [9.17, 15) is 0 Å². The molecule has 1 atom stereocenters. The summed E-state index contributed by atoms with van der Waals surface area (Å²) in [6.45, 7) is 6.56. The van der Waals surface area contributed by atoms with Gasteiger partial charge in [0.15, 0.2) is 11.5 Å². The molecule has 3 N–H and O–H groups in total. The number of hydrogen-bond donors (Lipinski definition) is 3. The molecule has 3 heterocycles. The summed E-state index contributed by atoms with van der Waals surface area (Å²) in [4.78, 5) is 16.3. The van der Waals surface area contributed by atoms with Crippen LogP contribution in [-0.4, -0.2) is 45.2 Å². The summed E-state index contributed by atoms with van der Waals surface area (Å²) in [6, 6.07) is 0. The molecular weight excluding hydrogens is 256 g/mol. The summed E-state index contributed by atoms with van der Waals surface area (Å²) in [5.41, 5.74) is 1.41. The van der Waals surface area contributed by atoms with Gasteiger partial charge in [-0.05, 0) is 19.8 Å². The first kappa shape index (κ1) is 13.1. The van der Waals surface area contributed by atoms with E-state index in [1.165, 1.54) is 0 Å². The fourth-order valence-electron chi connectivity index (χ4n) is 2.29. The van der Waals surface area contributed by atoms with Crippen molar-refractivity contribution in [2.75, 3.05) is 30.4 Å². The van der Waals surface area contributed by atoms with E-state index in [1.807, 2.05) is 0 Å². The van der Waals surface area contributed by atoms with Crippen LogP contribution in [0.25, 0.3) is 11.2 Å². The maximum absolute atomic E-state index is 5.47. The van der Waals surface area contributed by atoms with E-state index in [1.54, 1.807) is 6.33 Å². The molecule has 0 saturated carbocycles. The molecule has 7 nitrogen and oxygen atoms in total. The van der Waals surface area contributed by atoms with Crippen LogP contribution in [0.15, 0.2) is 6.33 Å². The molecule has 2 aromatic rings. The van der Waals surface area contributed by atoms with Crippen molar-refractivity contribution in [2.45, 2.75) is 32.2 Å². The molecule has 3 rings (SSSR count). The molecule has 0 spiro atoms. The van der Waals surface area contributed by atoms with Crippen LogP contribution in [0.5, 0.6) is 0 Å². The average Bonchev–Trinajstić information content (AvgIpc) is 3.05. The number of ether oxygens (including phenoxy) is 1. The first-order chi connectivity index (χ1) is 9.70. The molecule has 1 unspecified atom stereocenters. The van der Waals surface area contributed by atoms with Gasteiger partial charge in [-0.15, -0.1) is 0 Å². The molecule has 20 heavy (non-hydrogen) atoms. The van der Waals surface area contributed by atoms with Crippen molar-refractivity contribution in [1.29, 1.82) is 0 Å². The Bertz CT molecular complexity index is 590. The molecule has 7 heteroatoms. The molecule has 0 bridgehead atoms. The van der Waals surface area contributed by atoms with Crippen molar-refractivity contribution < 1.29 is 4.74 Å². The number of imidazole rings is 1. The Morgan fingerprint density at radius 2 is 2.35 bits per heavy atom. The zero-order valence-corrected chi connectivity index (χ0v) is 11.9. The van der Waals surface area contributed by atoms with Crippen molar-refractivity contribution in [3.05, 3.63) is 6.33 Å². The van der Waals surface area contributed by atoms with Gasteiger partial charge in [-0.25, -0.2) is 4.98 Å². The molecule has 1 aliphatic heterocycles. The standard InChI is InChI=1S/C13H20N6O/c1-3-5-14-12-17-10-9(15-8-16-10)11(18-12)19-13(2)4-6-20-7-13/h8H,3-7H2,1-2H3,(H3,14,15,16,17,18,19). The third-order valence-corrected chi connectivity index (χ3v) is 3.46. The maximum Gasteiger partial charge on any atom is 0.226 e. The topological polar surface area (TPSA) is 87.8 Å². The van der Waals surface area contributed by atoms with Crippen LogP contribution >= 0.6 is 0 Å². The zero-order valence-electron chi connectivity index (χ0n) is 11.9.